The summed E-state index contributed by atoms with van der Waals surface area (Å²) in [6, 6.07) is 10.8. The average Bonchev–Trinajstić information content (AvgIpc) is 4.03. The van der Waals surface area contributed by atoms with E-state index in [9.17, 15) is 28.8 Å². The van der Waals surface area contributed by atoms with Crippen LogP contribution in [0.2, 0.25) is 0 Å². The molecule has 1 saturated carbocycles. The third-order valence-electron chi connectivity index (χ3n) is 8.88. The molecule has 1 unspecified atom stereocenters. The summed E-state index contributed by atoms with van der Waals surface area (Å²) in [6.45, 7) is 9.62. The van der Waals surface area contributed by atoms with Crippen molar-refractivity contribution in [1.82, 2.24) is 15.6 Å². The van der Waals surface area contributed by atoms with Crippen LogP contribution in [0.5, 0.6) is 5.75 Å². The number of nitrogens with two attached hydrogens (primary N) is 1. The van der Waals surface area contributed by atoms with E-state index in [4.69, 9.17) is 34.8 Å². The van der Waals surface area contributed by atoms with Crippen molar-refractivity contribution in [1.29, 1.82) is 5.41 Å². The Balaban J connectivity index is 1.64. The number of pyridine rings is 1. The van der Waals surface area contributed by atoms with Crippen molar-refractivity contribution in [2.24, 2.45) is 17.6 Å². The van der Waals surface area contributed by atoms with E-state index in [1.807, 2.05) is 6.92 Å². The number of ether oxygens (including phenoxy) is 5. The molecular weight excluding hydrogens is 740 g/mol. The van der Waals surface area contributed by atoms with Gasteiger partial charge >= 0.3 is 24.0 Å². The molecule has 1 aliphatic carbocycles. The maximum Gasteiger partial charge on any atom is 0.415 e. The zero-order chi connectivity index (χ0) is 41.8. The Hall–Kier alpha value is -6.62. The summed E-state index contributed by atoms with van der Waals surface area (Å²) in [4.78, 5) is 80.8. The Labute approximate surface area is 329 Å². The van der Waals surface area contributed by atoms with E-state index in [0.29, 0.717) is 35.9 Å². The van der Waals surface area contributed by atoms with Gasteiger partial charge in [-0.2, -0.15) is 0 Å². The predicted octanol–water partition coefficient (Wildman–Crippen LogP) is 4.78. The Morgan fingerprint density at radius 2 is 1.68 bits per heavy atom. The van der Waals surface area contributed by atoms with Crippen molar-refractivity contribution in [2.75, 3.05) is 25.8 Å². The number of aromatic nitrogens is 1. The Bertz CT molecular complexity index is 2030. The van der Waals surface area contributed by atoms with E-state index >= 15 is 0 Å². The van der Waals surface area contributed by atoms with E-state index in [1.165, 1.54) is 68.6 Å². The first kappa shape index (κ1) is 43.1. The van der Waals surface area contributed by atoms with Crippen LogP contribution in [0.3, 0.4) is 0 Å². The second kappa shape index (κ2) is 19.8. The van der Waals surface area contributed by atoms with Crippen LogP contribution >= 0.6 is 0 Å². The predicted molar refractivity (Wildman–Crippen MR) is 207 cm³/mol. The molecule has 0 aliphatic heterocycles. The summed E-state index contributed by atoms with van der Waals surface area (Å²) in [5.74, 6) is -3.47. The lowest BCUT2D eigenvalue weighted by Crippen LogP contribution is -2.38. The van der Waals surface area contributed by atoms with Crippen molar-refractivity contribution >= 4 is 53.4 Å². The smallest absolute Gasteiger partial charge is 0.415 e. The van der Waals surface area contributed by atoms with E-state index < -0.39 is 54.9 Å². The molecule has 4 rings (SSSR count). The number of nitrogens with zero attached hydrogens (tertiary/aromatic N) is 1. The van der Waals surface area contributed by atoms with Gasteiger partial charge in [-0.15, -0.1) is 0 Å². The van der Waals surface area contributed by atoms with Crippen molar-refractivity contribution < 1.29 is 52.5 Å². The van der Waals surface area contributed by atoms with Crippen LogP contribution in [0.15, 0.2) is 55.1 Å². The van der Waals surface area contributed by atoms with Crippen LogP contribution in [0.4, 0.5) is 10.5 Å². The average molecular weight is 787 g/mol. The third kappa shape index (κ3) is 11.9. The minimum Gasteiger partial charge on any atom is -0.496 e. The second-order valence-corrected chi connectivity index (χ2v) is 13.1. The van der Waals surface area contributed by atoms with Gasteiger partial charge in [0, 0.05) is 53.9 Å². The van der Waals surface area contributed by atoms with Gasteiger partial charge in [0.25, 0.3) is 11.8 Å². The van der Waals surface area contributed by atoms with Gasteiger partial charge in [0.15, 0.2) is 5.69 Å². The molecule has 302 valence electrons. The molecule has 17 heteroatoms. The number of carbonyl (C=O) groups excluding carboxylic acids is 6. The number of nitrogens with one attached hydrogen (secondary N) is 4. The van der Waals surface area contributed by atoms with Gasteiger partial charge in [0.1, 0.15) is 23.3 Å². The SMILES string of the molecule is C=Cc1cc(C(=O)Nc2ccc(C(=N)NC(=O)OC(C)OC(C)=O)cc2)c(-c2ccc(C(=O)NCC3CC3)nc2C(=O)OCOC(=O)[C@@H](N)[C@@H](C)CC)cc1OC. The molecule has 0 spiro atoms. The number of hydrogen-bond donors (Lipinski definition) is 5. The van der Waals surface area contributed by atoms with Crippen LogP contribution in [-0.4, -0.2) is 79.4 Å². The topological polar surface area (TPSA) is 247 Å². The van der Waals surface area contributed by atoms with Crippen molar-refractivity contribution in [3.05, 3.63) is 83.2 Å². The Morgan fingerprint density at radius 3 is 2.30 bits per heavy atom. The van der Waals surface area contributed by atoms with Crippen LogP contribution in [0.1, 0.15) is 89.4 Å². The van der Waals surface area contributed by atoms with Gasteiger partial charge in [-0.1, -0.05) is 32.9 Å². The number of hydrogen-bond acceptors (Lipinski definition) is 14. The van der Waals surface area contributed by atoms with Gasteiger partial charge in [0.2, 0.25) is 13.1 Å². The van der Waals surface area contributed by atoms with Gasteiger partial charge in [-0.05, 0) is 73.2 Å². The van der Waals surface area contributed by atoms with Crippen LogP contribution < -0.4 is 26.4 Å². The molecule has 6 N–H and O–H groups in total. The van der Waals surface area contributed by atoms with Crippen molar-refractivity contribution in [3.8, 4) is 16.9 Å². The zero-order valence-corrected chi connectivity index (χ0v) is 32.3. The first-order chi connectivity index (χ1) is 27.1. The van der Waals surface area contributed by atoms with Gasteiger partial charge in [-0.3, -0.25) is 29.9 Å². The van der Waals surface area contributed by atoms with Crippen LogP contribution in [0, 0.1) is 17.2 Å². The molecule has 1 heterocycles. The second-order valence-electron chi connectivity index (χ2n) is 13.1. The standard InChI is InChI=1S/C40H46N6O11/c1-7-21(3)33(41)38(50)54-20-55-39(51)34-28(15-16-31(45-34)37(49)43-19-24-9-10-24)29-18-32(53-6)25(8-2)17-30(29)36(48)44-27-13-11-26(12-14-27)35(42)46-40(52)57-23(5)56-22(4)47/h8,11-18,21,23-24,33H,2,7,9-10,19-20,41H2,1,3-6H3,(H,43,49)(H,44,48)(H2,42,46,52)/t21-,23?,33-/m0/s1. The summed E-state index contributed by atoms with van der Waals surface area (Å²) in [7, 11) is 1.42. The number of anilines is 1. The number of rotatable bonds is 17. The minimum absolute atomic E-state index is 0.0431. The largest absolute Gasteiger partial charge is 0.496 e. The molecule has 3 amide bonds. The molecule has 0 bridgehead atoms. The minimum atomic E-state index is -1.17. The summed E-state index contributed by atoms with van der Waals surface area (Å²) in [5.41, 5.74) is 6.80. The van der Waals surface area contributed by atoms with Crippen molar-refractivity contribution in [3.63, 3.8) is 0 Å². The maximum absolute atomic E-state index is 14.0. The summed E-state index contributed by atoms with van der Waals surface area (Å²) < 4.78 is 25.6. The highest BCUT2D eigenvalue weighted by atomic mass is 16.7. The van der Waals surface area contributed by atoms with E-state index in [0.717, 1.165) is 19.8 Å². The molecule has 1 aromatic heterocycles. The molecule has 1 aliphatic rings. The number of alkyl carbamates (subject to hydrolysis) is 1. The molecule has 57 heavy (non-hydrogen) atoms. The van der Waals surface area contributed by atoms with Crippen molar-refractivity contribution in [2.45, 2.75) is 59.3 Å². The summed E-state index contributed by atoms with van der Waals surface area (Å²) in [6.07, 6.45) is 1.90. The highest BCUT2D eigenvalue weighted by molar-refractivity contribution is 6.11. The lowest BCUT2D eigenvalue weighted by molar-refractivity contribution is -0.162. The van der Waals surface area contributed by atoms with Crippen LogP contribution in [-0.2, 0) is 28.5 Å². The van der Waals surface area contributed by atoms with E-state index in [1.54, 1.807) is 6.92 Å². The number of methoxy groups -OCH3 is 1. The normalized spacial score (nSPS) is 13.4. The molecular formula is C40H46N6O11. The fourth-order valence-electron chi connectivity index (χ4n) is 5.27. The molecule has 1 fully saturated rings. The summed E-state index contributed by atoms with van der Waals surface area (Å²) >= 11 is 0. The molecule has 3 aromatic rings. The fourth-order valence-corrected chi connectivity index (χ4v) is 5.27. The summed E-state index contributed by atoms with van der Waals surface area (Å²) in [5, 5.41) is 16.0. The molecule has 3 atom stereocenters. The number of amides is 3. The monoisotopic (exact) mass is 786 g/mol. The Morgan fingerprint density at radius 1 is 0.982 bits per heavy atom. The van der Waals surface area contributed by atoms with Gasteiger partial charge < -0.3 is 40.1 Å². The quantitative estimate of drug-likeness (QED) is 0.0536. The van der Waals surface area contributed by atoms with Crippen LogP contribution in [0.25, 0.3) is 17.2 Å². The first-order valence-electron chi connectivity index (χ1n) is 18.0. The molecule has 0 saturated heterocycles. The first-order valence-corrected chi connectivity index (χ1v) is 18.0. The number of esters is 3. The molecule has 2 aromatic carbocycles. The molecule has 0 radical (unpaired) electrons. The van der Waals surface area contributed by atoms with Gasteiger partial charge in [0.05, 0.1) is 7.11 Å². The Kier molecular flexibility index (Phi) is 15.0. The number of amidine groups is 1. The maximum atomic E-state index is 14.0. The number of carbonyl (C=O) groups is 6. The highest BCUT2D eigenvalue weighted by Crippen LogP contribution is 2.35. The highest BCUT2D eigenvalue weighted by Gasteiger charge is 2.27. The lowest BCUT2D eigenvalue weighted by Gasteiger charge is -2.18. The molecule has 17 nitrogen and oxygen atoms in total. The number of benzene rings is 2. The van der Waals surface area contributed by atoms with E-state index in [2.05, 4.69) is 27.5 Å². The van der Waals surface area contributed by atoms with Gasteiger partial charge in [-0.25, -0.2) is 14.6 Å². The lowest BCUT2D eigenvalue weighted by atomic mass is 9.94. The fraction of sp³-hybridized carbons (Fsp3) is 0.350. The van der Waals surface area contributed by atoms with E-state index in [-0.39, 0.29) is 45.4 Å². The third-order valence-corrected chi connectivity index (χ3v) is 8.88. The zero-order valence-electron chi connectivity index (χ0n) is 32.3.